The molecule has 1 fully saturated rings. The molecule has 0 radical (unpaired) electrons. The van der Waals surface area contributed by atoms with E-state index in [1.165, 1.54) is 0 Å². The lowest BCUT2D eigenvalue weighted by Crippen LogP contribution is -2.43. The Morgan fingerprint density at radius 1 is 1.28 bits per heavy atom. The molecule has 0 amide bonds. The summed E-state index contributed by atoms with van der Waals surface area (Å²) in [4.78, 5) is 14.2. The highest BCUT2D eigenvalue weighted by atomic mass is 35.5. The Morgan fingerprint density at radius 3 is 2.50 bits per heavy atom. The number of halogens is 3. The van der Waals surface area contributed by atoms with Crippen molar-refractivity contribution in [3.63, 3.8) is 0 Å². The van der Waals surface area contributed by atoms with E-state index < -0.39 is 4.33 Å². The third-order valence-electron chi connectivity index (χ3n) is 3.17. The number of hydrogen-bond acceptors (Lipinski definition) is 2. The van der Waals surface area contributed by atoms with Gasteiger partial charge in [0.15, 0.2) is 10.1 Å². The van der Waals surface area contributed by atoms with Gasteiger partial charge in [-0.2, -0.15) is 0 Å². The molecule has 2 atom stereocenters. The van der Waals surface area contributed by atoms with Crippen LogP contribution in [-0.2, 0) is 4.79 Å². The van der Waals surface area contributed by atoms with Crippen molar-refractivity contribution in [2.45, 2.75) is 29.1 Å². The SMILES string of the molecule is CC1C(=O)C(Cl)(Cl)CC(Cl)CN1c1ccccc1. The number of carbonyl (C=O) groups excluding carboxylic acids is 1. The molecule has 1 saturated heterocycles. The molecule has 0 spiro atoms. The van der Waals surface area contributed by atoms with Crippen molar-refractivity contribution in [2.24, 2.45) is 0 Å². The second-order valence-electron chi connectivity index (χ2n) is 4.53. The minimum absolute atomic E-state index is 0.196. The summed E-state index contributed by atoms with van der Waals surface area (Å²) in [6.45, 7) is 2.36. The molecule has 1 aliphatic heterocycles. The predicted molar refractivity (Wildman–Crippen MR) is 77.0 cm³/mol. The molecule has 0 bridgehead atoms. The standard InChI is InChI=1S/C13H14Cl3NO/c1-9-12(18)13(15,16)7-10(14)8-17(9)11-5-3-2-4-6-11/h2-6,9-10H,7-8H2,1H3. The van der Waals surface area contributed by atoms with Gasteiger partial charge in [0, 0.05) is 18.7 Å². The average molecular weight is 307 g/mol. The van der Waals surface area contributed by atoms with E-state index in [0.717, 1.165) is 5.69 Å². The predicted octanol–water partition coefficient (Wildman–Crippen LogP) is 3.64. The van der Waals surface area contributed by atoms with Crippen molar-refractivity contribution in [1.29, 1.82) is 0 Å². The molecule has 2 rings (SSSR count). The summed E-state index contributed by atoms with van der Waals surface area (Å²) in [7, 11) is 0. The number of ketones is 1. The van der Waals surface area contributed by atoms with E-state index in [0.29, 0.717) is 6.54 Å². The van der Waals surface area contributed by atoms with Crippen LogP contribution in [0.5, 0.6) is 0 Å². The zero-order valence-electron chi connectivity index (χ0n) is 9.95. The summed E-state index contributed by atoms with van der Waals surface area (Å²) in [5.74, 6) is -0.196. The smallest absolute Gasteiger partial charge is 0.190 e. The molecule has 0 saturated carbocycles. The quantitative estimate of drug-likeness (QED) is 0.738. The number of rotatable bonds is 1. The van der Waals surface area contributed by atoms with Crippen LogP contribution in [0.25, 0.3) is 0 Å². The van der Waals surface area contributed by atoms with Gasteiger partial charge in [-0.05, 0) is 19.1 Å². The van der Waals surface area contributed by atoms with Gasteiger partial charge < -0.3 is 4.90 Å². The summed E-state index contributed by atoms with van der Waals surface area (Å²) >= 11 is 18.4. The van der Waals surface area contributed by atoms with Crippen molar-refractivity contribution in [3.05, 3.63) is 30.3 Å². The molecule has 1 aromatic rings. The zero-order valence-corrected chi connectivity index (χ0v) is 12.2. The van der Waals surface area contributed by atoms with Crippen molar-refractivity contribution in [1.82, 2.24) is 0 Å². The fourth-order valence-corrected chi connectivity index (χ4v) is 3.44. The van der Waals surface area contributed by atoms with E-state index in [-0.39, 0.29) is 23.6 Å². The van der Waals surface area contributed by atoms with Crippen LogP contribution in [-0.4, -0.2) is 28.1 Å². The minimum Gasteiger partial charge on any atom is -0.360 e. The molecule has 0 aromatic heterocycles. The Balaban J connectivity index is 2.34. The molecule has 5 heteroatoms. The van der Waals surface area contributed by atoms with E-state index in [1.807, 2.05) is 42.2 Å². The maximum atomic E-state index is 12.2. The Labute approximate surface area is 122 Å². The van der Waals surface area contributed by atoms with Crippen molar-refractivity contribution >= 4 is 46.3 Å². The maximum absolute atomic E-state index is 12.2. The van der Waals surface area contributed by atoms with Gasteiger partial charge in [0.1, 0.15) is 0 Å². The number of nitrogens with zero attached hydrogens (tertiary/aromatic N) is 1. The Morgan fingerprint density at radius 2 is 1.89 bits per heavy atom. The van der Waals surface area contributed by atoms with Crippen LogP contribution in [0.2, 0.25) is 0 Å². The topological polar surface area (TPSA) is 20.3 Å². The normalized spacial score (nSPS) is 28.0. The first-order chi connectivity index (χ1) is 8.42. The number of para-hydroxylation sites is 1. The van der Waals surface area contributed by atoms with Crippen LogP contribution >= 0.6 is 34.8 Å². The number of carbonyl (C=O) groups is 1. The molecule has 18 heavy (non-hydrogen) atoms. The zero-order chi connectivity index (χ0) is 13.3. The highest BCUT2D eigenvalue weighted by Crippen LogP contribution is 2.36. The van der Waals surface area contributed by atoms with Crippen LogP contribution in [0.1, 0.15) is 13.3 Å². The van der Waals surface area contributed by atoms with E-state index in [1.54, 1.807) is 0 Å². The molecule has 2 unspecified atom stereocenters. The van der Waals surface area contributed by atoms with Crippen LogP contribution in [0.4, 0.5) is 5.69 Å². The Kier molecular flexibility index (Phi) is 4.10. The van der Waals surface area contributed by atoms with Crippen LogP contribution in [0, 0.1) is 0 Å². The molecule has 1 heterocycles. The van der Waals surface area contributed by atoms with Gasteiger partial charge in [0.05, 0.1) is 11.4 Å². The van der Waals surface area contributed by atoms with E-state index in [9.17, 15) is 4.79 Å². The lowest BCUT2D eigenvalue weighted by Gasteiger charge is -2.29. The molecular weight excluding hydrogens is 293 g/mol. The number of benzene rings is 1. The Bertz CT molecular complexity index is 435. The molecule has 0 N–H and O–H groups in total. The molecule has 0 aliphatic carbocycles. The van der Waals surface area contributed by atoms with Crippen molar-refractivity contribution in [3.8, 4) is 0 Å². The molecular formula is C13H14Cl3NO. The molecule has 98 valence electrons. The largest absolute Gasteiger partial charge is 0.360 e. The van der Waals surface area contributed by atoms with Gasteiger partial charge >= 0.3 is 0 Å². The summed E-state index contributed by atoms with van der Waals surface area (Å²) in [5, 5.41) is -0.255. The summed E-state index contributed by atoms with van der Waals surface area (Å²) in [5.41, 5.74) is 0.954. The first kappa shape index (κ1) is 14.0. The van der Waals surface area contributed by atoms with Crippen LogP contribution in [0.15, 0.2) is 30.3 Å². The monoisotopic (exact) mass is 305 g/mol. The number of hydrogen-bond donors (Lipinski definition) is 0. The number of anilines is 1. The molecule has 2 nitrogen and oxygen atoms in total. The van der Waals surface area contributed by atoms with Gasteiger partial charge in [-0.15, -0.1) is 11.6 Å². The molecule has 1 aliphatic rings. The second kappa shape index (κ2) is 5.28. The lowest BCUT2D eigenvalue weighted by molar-refractivity contribution is -0.120. The summed E-state index contributed by atoms with van der Waals surface area (Å²) in [6, 6.07) is 9.29. The lowest BCUT2D eigenvalue weighted by atomic mass is 10.1. The van der Waals surface area contributed by atoms with E-state index >= 15 is 0 Å². The van der Waals surface area contributed by atoms with E-state index in [4.69, 9.17) is 34.8 Å². The average Bonchev–Trinajstić information content (AvgIpc) is 2.41. The van der Waals surface area contributed by atoms with Crippen LogP contribution in [0.3, 0.4) is 0 Å². The van der Waals surface area contributed by atoms with Gasteiger partial charge in [0.25, 0.3) is 0 Å². The van der Waals surface area contributed by atoms with Crippen molar-refractivity contribution in [2.75, 3.05) is 11.4 Å². The Hall–Kier alpha value is -0.440. The number of alkyl halides is 3. The molecule has 1 aromatic carbocycles. The van der Waals surface area contributed by atoms with Gasteiger partial charge in [0.2, 0.25) is 0 Å². The maximum Gasteiger partial charge on any atom is 0.190 e. The van der Waals surface area contributed by atoms with Crippen molar-refractivity contribution < 1.29 is 4.79 Å². The fourth-order valence-electron chi connectivity index (χ4n) is 2.21. The highest BCUT2D eigenvalue weighted by molar-refractivity contribution is 6.59. The van der Waals surface area contributed by atoms with Gasteiger partial charge in [-0.3, -0.25) is 4.79 Å². The third kappa shape index (κ3) is 2.76. The van der Waals surface area contributed by atoms with Gasteiger partial charge in [-0.1, -0.05) is 41.4 Å². The van der Waals surface area contributed by atoms with Crippen LogP contribution < -0.4 is 4.90 Å². The highest BCUT2D eigenvalue weighted by Gasteiger charge is 2.44. The summed E-state index contributed by atoms with van der Waals surface area (Å²) < 4.78 is -1.39. The second-order valence-corrected chi connectivity index (χ2v) is 6.64. The first-order valence-electron chi connectivity index (χ1n) is 5.80. The first-order valence-corrected chi connectivity index (χ1v) is 6.99. The van der Waals surface area contributed by atoms with Gasteiger partial charge in [-0.25, -0.2) is 0 Å². The summed E-state index contributed by atoms with van der Waals surface area (Å²) in [6.07, 6.45) is 0.268. The minimum atomic E-state index is -1.39. The third-order valence-corrected chi connectivity index (χ3v) is 4.14. The number of Topliss-reactive ketones (excluding diaryl/α,β-unsaturated/α-hetero) is 1. The van der Waals surface area contributed by atoms with E-state index in [2.05, 4.69) is 0 Å². The fraction of sp³-hybridized carbons (Fsp3) is 0.462.